The Bertz CT molecular complexity index is 550. The molecule has 0 bridgehead atoms. The molecule has 2 nitrogen and oxygen atoms in total. The van der Waals surface area contributed by atoms with Crippen molar-refractivity contribution in [2.24, 2.45) is 4.99 Å². The predicted octanol–water partition coefficient (Wildman–Crippen LogP) is 4.21. The Morgan fingerprint density at radius 1 is 1.18 bits per heavy atom. The van der Waals surface area contributed by atoms with Gasteiger partial charge in [-0.2, -0.15) is 0 Å². The molecule has 0 saturated carbocycles. The van der Waals surface area contributed by atoms with Crippen molar-refractivity contribution in [1.29, 1.82) is 0 Å². The van der Waals surface area contributed by atoms with Crippen LogP contribution >= 0.6 is 15.9 Å². The van der Waals surface area contributed by atoms with Gasteiger partial charge in [0.05, 0.1) is 10.2 Å². The molecule has 0 radical (unpaired) electrons. The number of nitrogens with zero attached hydrogens (tertiary/aromatic N) is 1. The molecule has 0 amide bonds. The van der Waals surface area contributed by atoms with Crippen LogP contribution in [0.25, 0.3) is 0 Å². The molecular formula is C14H12BrNO. The lowest BCUT2D eigenvalue weighted by Gasteiger charge is -2.03. The summed E-state index contributed by atoms with van der Waals surface area (Å²) in [6.45, 7) is 1.98. The fourth-order valence-electron chi connectivity index (χ4n) is 1.52. The molecule has 2 aromatic carbocycles. The minimum Gasteiger partial charge on any atom is -0.506 e. The van der Waals surface area contributed by atoms with Crippen LogP contribution in [0.15, 0.2) is 51.9 Å². The standard InChI is InChI=1S/C14H12BrNO/c1-10-7-11(14(17)13(15)8-10)9-16-12-5-3-2-4-6-12/h2-9,17H,1H3/b16-9+. The van der Waals surface area contributed by atoms with E-state index < -0.39 is 0 Å². The highest BCUT2D eigenvalue weighted by atomic mass is 79.9. The third kappa shape index (κ3) is 2.94. The van der Waals surface area contributed by atoms with Gasteiger partial charge in [0.1, 0.15) is 5.75 Å². The van der Waals surface area contributed by atoms with Crippen molar-refractivity contribution >= 4 is 27.8 Å². The topological polar surface area (TPSA) is 32.6 Å². The van der Waals surface area contributed by atoms with Gasteiger partial charge in [-0.3, -0.25) is 4.99 Å². The van der Waals surface area contributed by atoms with Gasteiger partial charge >= 0.3 is 0 Å². The molecule has 0 aliphatic heterocycles. The number of phenolic OH excluding ortho intramolecular Hbond substituents is 1. The van der Waals surface area contributed by atoms with E-state index in [2.05, 4.69) is 20.9 Å². The van der Waals surface area contributed by atoms with Crippen molar-refractivity contribution in [3.63, 3.8) is 0 Å². The maximum atomic E-state index is 9.86. The first kappa shape index (κ1) is 11.9. The van der Waals surface area contributed by atoms with Gasteiger partial charge in [-0.1, -0.05) is 18.2 Å². The second-order valence-electron chi connectivity index (χ2n) is 3.78. The first-order chi connectivity index (χ1) is 8.16. The van der Waals surface area contributed by atoms with Gasteiger partial charge in [0.15, 0.2) is 0 Å². The van der Waals surface area contributed by atoms with E-state index in [1.165, 1.54) is 0 Å². The maximum Gasteiger partial charge on any atom is 0.138 e. The fraction of sp³-hybridized carbons (Fsp3) is 0.0714. The number of phenols is 1. The van der Waals surface area contributed by atoms with Crippen LogP contribution in [-0.2, 0) is 0 Å². The molecule has 0 fully saturated rings. The average Bonchev–Trinajstić information content (AvgIpc) is 2.33. The Labute approximate surface area is 109 Å². The Hall–Kier alpha value is -1.61. The van der Waals surface area contributed by atoms with E-state index in [0.717, 1.165) is 11.3 Å². The molecule has 17 heavy (non-hydrogen) atoms. The summed E-state index contributed by atoms with van der Waals surface area (Å²) in [6.07, 6.45) is 1.67. The highest BCUT2D eigenvalue weighted by Crippen LogP contribution is 2.28. The zero-order valence-electron chi connectivity index (χ0n) is 9.39. The Balaban J connectivity index is 2.33. The Morgan fingerprint density at radius 2 is 1.88 bits per heavy atom. The van der Waals surface area contributed by atoms with Crippen LogP contribution in [0.5, 0.6) is 5.75 Å². The monoisotopic (exact) mass is 289 g/mol. The number of para-hydroxylation sites is 1. The second kappa shape index (κ2) is 5.15. The van der Waals surface area contributed by atoms with Gasteiger partial charge < -0.3 is 5.11 Å². The van der Waals surface area contributed by atoms with Crippen LogP contribution in [0, 0.1) is 6.92 Å². The molecule has 0 spiro atoms. The van der Waals surface area contributed by atoms with E-state index in [1.54, 1.807) is 6.21 Å². The molecule has 2 aromatic rings. The number of aromatic hydroxyl groups is 1. The fourth-order valence-corrected chi connectivity index (χ4v) is 2.11. The van der Waals surface area contributed by atoms with Crippen LogP contribution < -0.4 is 0 Å². The highest BCUT2D eigenvalue weighted by molar-refractivity contribution is 9.10. The normalized spacial score (nSPS) is 10.9. The third-order valence-corrected chi connectivity index (χ3v) is 2.95. The molecule has 0 heterocycles. The van der Waals surface area contributed by atoms with Gasteiger partial charge in [0.25, 0.3) is 0 Å². The lowest BCUT2D eigenvalue weighted by Crippen LogP contribution is -1.85. The number of hydrogen-bond donors (Lipinski definition) is 1. The van der Waals surface area contributed by atoms with E-state index in [4.69, 9.17) is 0 Å². The van der Waals surface area contributed by atoms with Gasteiger partial charge in [0.2, 0.25) is 0 Å². The van der Waals surface area contributed by atoms with Crippen molar-refractivity contribution in [3.8, 4) is 5.75 Å². The molecule has 0 aliphatic rings. The van der Waals surface area contributed by atoms with Gasteiger partial charge in [0, 0.05) is 11.8 Å². The summed E-state index contributed by atoms with van der Waals surface area (Å²) in [4.78, 5) is 4.31. The lowest BCUT2D eigenvalue weighted by atomic mass is 10.1. The number of rotatable bonds is 2. The van der Waals surface area contributed by atoms with Gasteiger partial charge in [-0.05, 0) is 52.7 Å². The third-order valence-electron chi connectivity index (χ3n) is 2.35. The van der Waals surface area contributed by atoms with Crippen molar-refractivity contribution in [3.05, 3.63) is 58.1 Å². The zero-order valence-corrected chi connectivity index (χ0v) is 11.0. The van der Waals surface area contributed by atoms with E-state index in [0.29, 0.717) is 10.0 Å². The van der Waals surface area contributed by atoms with Crippen molar-refractivity contribution < 1.29 is 5.11 Å². The van der Waals surface area contributed by atoms with Crippen LogP contribution in [0.4, 0.5) is 5.69 Å². The predicted molar refractivity (Wildman–Crippen MR) is 74.2 cm³/mol. The summed E-state index contributed by atoms with van der Waals surface area (Å²) >= 11 is 3.31. The summed E-state index contributed by atoms with van der Waals surface area (Å²) in [5, 5.41) is 9.86. The van der Waals surface area contributed by atoms with E-state index in [9.17, 15) is 5.11 Å². The van der Waals surface area contributed by atoms with E-state index in [1.807, 2.05) is 49.4 Å². The van der Waals surface area contributed by atoms with Crippen LogP contribution in [0.1, 0.15) is 11.1 Å². The number of aryl methyl sites for hydroxylation is 1. The molecule has 2 rings (SSSR count). The molecule has 0 unspecified atom stereocenters. The van der Waals surface area contributed by atoms with Crippen molar-refractivity contribution in [2.45, 2.75) is 6.92 Å². The van der Waals surface area contributed by atoms with Crippen molar-refractivity contribution in [1.82, 2.24) is 0 Å². The minimum atomic E-state index is 0.218. The summed E-state index contributed by atoms with van der Waals surface area (Å²) in [5.74, 6) is 0.218. The molecule has 3 heteroatoms. The summed E-state index contributed by atoms with van der Waals surface area (Å²) < 4.78 is 0.687. The SMILES string of the molecule is Cc1cc(Br)c(O)c(/C=N/c2ccccc2)c1. The maximum absolute atomic E-state index is 9.86. The van der Waals surface area contributed by atoms with E-state index in [-0.39, 0.29) is 5.75 Å². The van der Waals surface area contributed by atoms with Gasteiger partial charge in [-0.15, -0.1) is 0 Å². The largest absolute Gasteiger partial charge is 0.506 e. The Kier molecular flexibility index (Phi) is 3.59. The highest BCUT2D eigenvalue weighted by Gasteiger charge is 2.04. The molecule has 0 aliphatic carbocycles. The van der Waals surface area contributed by atoms with Crippen LogP contribution in [0.3, 0.4) is 0 Å². The van der Waals surface area contributed by atoms with Crippen LogP contribution in [0.2, 0.25) is 0 Å². The first-order valence-corrected chi connectivity index (χ1v) is 6.04. The number of hydrogen-bond acceptors (Lipinski definition) is 2. The molecule has 0 saturated heterocycles. The first-order valence-electron chi connectivity index (χ1n) is 5.25. The van der Waals surface area contributed by atoms with Gasteiger partial charge in [-0.25, -0.2) is 0 Å². The number of aliphatic imine (C=N–C) groups is 1. The second-order valence-corrected chi connectivity index (χ2v) is 4.63. The molecule has 0 atom stereocenters. The summed E-state index contributed by atoms with van der Waals surface area (Å²) in [5.41, 5.74) is 2.65. The number of benzene rings is 2. The van der Waals surface area contributed by atoms with Crippen LogP contribution in [-0.4, -0.2) is 11.3 Å². The quantitative estimate of drug-likeness (QED) is 0.825. The summed E-state index contributed by atoms with van der Waals surface area (Å²) in [6, 6.07) is 13.4. The molecular weight excluding hydrogens is 278 g/mol. The van der Waals surface area contributed by atoms with Crippen molar-refractivity contribution in [2.75, 3.05) is 0 Å². The van der Waals surface area contributed by atoms with E-state index >= 15 is 0 Å². The minimum absolute atomic E-state index is 0.218. The Morgan fingerprint density at radius 3 is 2.59 bits per heavy atom. The molecule has 86 valence electrons. The molecule has 1 N–H and O–H groups in total. The zero-order chi connectivity index (χ0) is 12.3. The lowest BCUT2D eigenvalue weighted by molar-refractivity contribution is 0.471. The molecule has 0 aromatic heterocycles. The smallest absolute Gasteiger partial charge is 0.138 e. The summed E-state index contributed by atoms with van der Waals surface area (Å²) in [7, 11) is 0. The average molecular weight is 290 g/mol. The number of halogens is 1.